The van der Waals surface area contributed by atoms with Crippen molar-refractivity contribution in [2.75, 3.05) is 14.2 Å². The van der Waals surface area contributed by atoms with Gasteiger partial charge in [0.25, 0.3) is 0 Å². The van der Waals surface area contributed by atoms with Crippen LogP contribution in [-0.4, -0.2) is 36.9 Å². The van der Waals surface area contributed by atoms with E-state index in [4.69, 9.17) is 0 Å². The van der Waals surface area contributed by atoms with Gasteiger partial charge < -0.3 is 9.47 Å². The Hall–Kier alpha value is -0.920. The number of methoxy groups -OCH3 is 2. The fourth-order valence-corrected chi connectivity index (χ4v) is 1.62. The van der Waals surface area contributed by atoms with Gasteiger partial charge in [-0.1, -0.05) is 0 Å². The smallest absolute Gasteiger partial charge is 0.442 e. The summed E-state index contributed by atoms with van der Waals surface area (Å²) in [4.78, 5) is 21.7. The maximum atomic E-state index is 12.0. The number of carbonyl (C=O) groups is 2. The zero-order chi connectivity index (χ0) is 12.8. The molecule has 0 rings (SSSR count). The van der Waals surface area contributed by atoms with E-state index in [0.717, 1.165) is 14.2 Å². The van der Waals surface area contributed by atoms with Crippen molar-refractivity contribution < 1.29 is 32.2 Å². The first-order valence-corrected chi connectivity index (χ1v) is 5.07. The Labute approximate surface area is 94.5 Å². The van der Waals surface area contributed by atoms with Crippen molar-refractivity contribution in [2.24, 2.45) is 0 Å². The molecule has 0 heterocycles. The van der Waals surface area contributed by atoms with Crippen molar-refractivity contribution in [3.05, 3.63) is 0 Å². The van der Waals surface area contributed by atoms with Gasteiger partial charge in [-0.2, -0.15) is 13.2 Å². The lowest BCUT2D eigenvalue weighted by molar-refractivity contribution is -0.142. The van der Waals surface area contributed by atoms with E-state index in [1.54, 1.807) is 0 Å². The highest BCUT2D eigenvalue weighted by Gasteiger charge is 2.37. The van der Waals surface area contributed by atoms with Gasteiger partial charge in [-0.15, -0.1) is 0 Å². The second-order valence-corrected chi connectivity index (χ2v) is 3.96. The van der Waals surface area contributed by atoms with Crippen molar-refractivity contribution in [3.63, 3.8) is 0 Å². The first-order valence-electron chi connectivity index (χ1n) is 4.19. The molecule has 0 amide bonds. The Morgan fingerprint density at radius 1 is 1.25 bits per heavy atom. The molecule has 0 bridgehead atoms. The lowest BCUT2D eigenvalue weighted by Gasteiger charge is -2.15. The van der Waals surface area contributed by atoms with Crippen molar-refractivity contribution in [1.82, 2.24) is 0 Å². The summed E-state index contributed by atoms with van der Waals surface area (Å²) in [5.74, 6) is -1.68. The van der Waals surface area contributed by atoms with E-state index < -0.39 is 34.5 Å². The SMILES string of the molecule is COC(=O)CCC(SC(F)(F)F)C(=O)OC. The number of rotatable bonds is 5. The fourth-order valence-electron chi connectivity index (χ4n) is 0.869. The zero-order valence-electron chi connectivity index (χ0n) is 8.67. The highest BCUT2D eigenvalue weighted by Crippen LogP contribution is 2.36. The van der Waals surface area contributed by atoms with E-state index in [0.29, 0.717) is 0 Å². The number of hydrogen-bond donors (Lipinski definition) is 0. The Bertz CT molecular complexity index is 254. The molecule has 0 N–H and O–H groups in total. The molecule has 0 saturated carbocycles. The molecule has 1 atom stereocenters. The normalized spacial score (nSPS) is 13.1. The largest absolute Gasteiger partial charge is 0.469 e. The van der Waals surface area contributed by atoms with Gasteiger partial charge in [0.05, 0.1) is 14.2 Å². The maximum Gasteiger partial charge on any atom is 0.442 e. The molecule has 1 unspecified atom stereocenters. The summed E-state index contributed by atoms with van der Waals surface area (Å²) in [6.45, 7) is 0. The highest BCUT2D eigenvalue weighted by atomic mass is 32.2. The van der Waals surface area contributed by atoms with Crippen LogP contribution in [0.15, 0.2) is 0 Å². The van der Waals surface area contributed by atoms with Crippen LogP contribution in [0.1, 0.15) is 12.8 Å². The van der Waals surface area contributed by atoms with Crippen molar-refractivity contribution in [1.29, 1.82) is 0 Å². The lowest BCUT2D eigenvalue weighted by atomic mass is 10.2. The predicted octanol–water partition coefficient (Wildman–Crippen LogP) is 1.73. The topological polar surface area (TPSA) is 52.6 Å². The van der Waals surface area contributed by atoms with E-state index in [-0.39, 0.29) is 12.8 Å². The number of halogens is 3. The van der Waals surface area contributed by atoms with Crippen LogP contribution in [0, 0.1) is 0 Å². The van der Waals surface area contributed by atoms with Crippen LogP contribution in [0.5, 0.6) is 0 Å². The van der Waals surface area contributed by atoms with Crippen LogP contribution in [0.25, 0.3) is 0 Å². The van der Waals surface area contributed by atoms with Gasteiger partial charge in [0.2, 0.25) is 0 Å². The summed E-state index contributed by atoms with van der Waals surface area (Å²) in [5, 5.41) is -1.44. The van der Waals surface area contributed by atoms with Crippen LogP contribution in [0.3, 0.4) is 0 Å². The molecule has 0 saturated heterocycles. The van der Waals surface area contributed by atoms with E-state index >= 15 is 0 Å². The molecule has 0 aromatic heterocycles. The molecule has 0 aliphatic carbocycles. The van der Waals surface area contributed by atoms with E-state index in [1.807, 2.05) is 0 Å². The number of esters is 2. The van der Waals surface area contributed by atoms with Gasteiger partial charge in [0.1, 0.15) is 5.25 Å². The standard InChI is InChI=1S/C8H11F3O4S/c1-14-6(12)4-3-5(7(13)15-2)16-8(9,10)11/h5H,3-4H2,1-2H3. The second-order valence-electron chi connectivity index (χ2n) is 2.69. The minimum atomic E-state index is -4.55. The zero-order valence-corrected chi connectivity index (χ0v) is 9.48. The predicted molar refractivity (Wildman–Crippen MR) is 50.7 cm³/mol. The molecule has 0 aromatic carbocycles. The molecule has 0 aliphatic heterocycles. The third kappa shape index (κ3) is 6.54. The first-order chi connectivity index (χ1) is 7.30. The monoisotopic (exact) mass is 260 g/mol. The molecule has 16 heavy (non-hydrogen) atoms. The summed E-state index contributed by atoms with van der Waals surface area (Å²) >= 11 is -0.495. The number of hydrogen-bond acceptors (Lipinski definition) is 5. The molecule has 0 fully saturated rings. The van der Waals surface area contributed by atoms with E-state index in [2.05, 4.69) is 9.47 Å². The van der Waals surface area contributed by atoms with Gasteiger partial charge in [0.15, 0.2) is 0 Å². The molecule has 0 aromatic rings. The average molecular weight is 260 g/mol. The third-order valence-electron chi connectivity index (χ3n) is 1.58. The van der Waals surface area contributed by atoms with Gasteiger partial charge in [-0.25, -0.2) is 0 Å². The number of carbonyl (C=O) groups excluding carboxylic acids is 2. The van der Waals surface area contributed by atoms with Gasteiger partial charge in [-0.3, -0.25) is 9.59 Å². The molecule has 94 valence electrons. The summed E-state index contributed by atoms with van der Waals surface area (Å²) < 4.78 is 44.6. The summed E-state index contributed by atoms with van der Waals surface area (Å²) in [5.41, 5.74) is -4.55. The highest BCUT2D eigenvalue weighted by molar-refractivity contribution is 8.01. The Morgan fingerprint density at radius 3 is 2.19 bits per heavy atom. The molecule has 8 heteroatoms. The molecule has 0 radical (unpaired) electrons. The summed E-state index contributed by atoms with van der Waals surface area (Å²) in [6, 6.07) is 0. The van der Waals surface area contributed by atoms with Crippen LogP contribution in [0.2, 0.25) is 0 Å². The molecular weight excluding hydrogens is 249 g/mol. The van der Waals surface area contributed by atoms with E-state index in [9.17, 15) is 22.8 Å². The van der Waals surface area contributed by atoms with Crippen molar-refractivity contribution in [3.8, 4) is 0 Å². The average Bonchev–Trinajstić information content (AvgIpc) is 2.20. The van der Waals surface area contributed by atoms with Gasteiger partial charge >= 0.3 is 17.4 Å². The van der Waals surface area contributed by atoms with Gasteiger partial charge in [-0.05, 0) is 18.2 Å². The Morgan fingerprint density at radius 2 is 1.81 bits per heavy atom. The Kier molecular flexibility index (Phi) is 6.24. The lowest BCUT2D eigenvalue weighted by Crippen LogP contribution is -2.24. The number of alkyl halides is 3. The number of thioether (sulfide) groups is 1. The van der Waals surface area contributed by atoms with Crippen LogP contribution >= 0.6 is 11.8 Å². The molecule has 4 nitrogen and oxygen atoms in total. The quantitative estimate of drug-likeness (QED) is 0.705. The second kappa shape index (κ2) is 6.62. The van der Waals surface area contributed by atoms with Crippen molar-refractivity contribution in [2.45, 2.75) is 23.6 Å². The summed E-state index contributed by atoms with van der Waals surface area (Å²) in [6.07, 6.45) is -0.539. The maximum absolute atomic E-state index is 12.0. The number of ether oxygens (including phenoxy) is 2. The Balaban J connectivity index is 4.33. The summed E-state index contributed by atoms with van der Waals surface area (Å²) in [7, 11) is 2.11. The van der Waals surface area contributed by atoms with E-state index in [1.165, 1.54) is 0 Å². The van der Waals surface area contributed by atoms with Gasteiger partial charge in [0, 0.05) is 6.42 Å². The minimum absolute atomic E-state index is 0.265. The third-order valence-corrected chi connectivity index (χ3v) is 2.56. The fraction of sp³-hybridized carbons (Fsp3) is 0.750. The van der Waals surface area contributed by atoms with Crippen molar-refractivity contribution >= 4 is 23.7 Å². The van der Waals surface area contributed by atoms with Crippen LogP contribution in [0.4, 0.5) is 13.2 Å². The molecule has 0 aliphatic rings. The first kappa shape index (κ1) is 15.1. The van der Waals surface area contributed by atoms with Crippen LogP contribution < -0.4 is 0 Å². The molecular formula is C8H11F3O4S. The minimum Gasteiger partial charge on any atom is -0.469 e. The van der Waals surface area contributed by atoms with Crippen LogP contribution in [-0.2, 0) is 19.1 Å². The molecule has 0 spiro atoms.